The van der Waals surface area contributed by atoms with Crippen LogP contribution in [-0.2, 0) is 17.7 Å². The summed E-state index contributed by atoms with van der Waals surface area (Å²) in [7, 11) is 0. The summed E-state index contributed by atoms with van der Waals surface area (Å²) in [6.45, 7) is 5.02. The Kier molecular flexibility index (Phi) is 4.97. The van der Waals surface area contributed by atoms with Gasteiger partial charge in [0.05, 0.1) is 26.0 Å². The first-order valence-corrected chi connectivity index (χ1v) is 7.87. The Morgan fingerprint density at radius 2 is 2.18 bits per heavy atom. The summed E-state index contributed by atoms with van der Waals surface area (Å²) in [6, 6.07) is 7.82. The fourth-order valence-electron chi connectivity index (χ4n) is 2.87. The van der Waals surface area contributed by atoms with Crippen LogP contribution >= 0.6 is 0 Å². The topological polar surface area (TPSA) is 59.0 Å². The van der Waals surface area contributed by atoms with Crippen LogP contribution in [0.2, 0.25) is 0 Å². The Labute approximate surface area is 130 Å². The quantitative estimate of drug-likeness (QED) is 0.889. The average Bonchev–Trinajstić information content (AvgIpc) is 3.20. The van der Waals surface area contributed by atoms with E-state index in [1.54, 1.807) is 18.4 Å². The zero-order valence-corrected chi connectivity index (χ0v) is 12.9. The fraction of sp³-hybridized carbons (Fsp3) is 0.529. The molecule has 2 unspecified atom stereocenters. The normalized spacial score (nSPS) is 21.1. The van der Waals surface area contributed by atoms with E-state index in [2.05, 4.69) is 11.8 Å². The van der Waals surface area contributed by atoms with Gasteiger partial charge in [0.15, 0.2) is 0 Å². The molecule has 22 heavy (non-hydrogen) atoms. The van der Waals surface area contributed by atoms with Gasteiger partial charge in [0.1, 0.15) is 23.4 Å². The summed E-state index contributed by atoms with van der Waals surface area (Å²) in [5.74, 6) is 2.59. The number of hydrogen-bond acceptors (Lipinski definition) is 5. The molecule has 1 aliphatic heterocycles. The van der Waals surface area contributed by atoms with E-state index in [1.165, 1.54) is 0 Å². The number of aliphatic hydroxyl groups is 1. The minimum absolute atomic E-state index is 0.157. The molecule has 5 nitrogen and oxygen atoms in total. The van der Waals surface area contributed by atoms with E-state index < -0.39 is 6.10 Å². The highest BCUT2D eigenvalue weighted by Crippen LogP contribution is 2.24. The molecule has 1 fully saturated rings. The molecule has 120 valence electrons. The molecule has 3 rings (SSSR count). The van der Waals surface area contributed by atoms with E-state index in [4.69, 9.17) is 13.6 Å². The van der Waals surface area contributed by atoms with Crippen LogP contribution in [0, 0.1) is 0 Å². The van der Waals surface area contributed by atoms with Gasteiger partial charge in [-0.25, -0.2) is 0 Å². The zero-order chi connectivity index (χ0) is 15.4. The van der Waals surface area contributed by atoms with Crippen LogP contribution in [0.5, 0.6) is 0 Å². The monoisotopic (exact) mass is 305 g/mol. The molecular formula is C17H23NO4. The second-order valence-electron chi connectivity index (χ2n) is 5.69. The second-order valence-corrected chi connectivity index (χ2v) is 5.69. The van der Waals surface area contributed by atoms with Gasteiger partial charge in [-0.1, -0.05) is 6.92 Å². The lowest BCUT2D eigenvalue weighted by molar-refractivity contribution is -0.0346. The number of ether oxygens (including phenoxy) is 1. The first kappa shape index (κ1) is 15.3. The predicted molar refractivity (Wildman–Crippen MR) is 81.4 cm³/mol. The highest BCUT2D eigenvalue weighted by molar-refractivity contribution is 5.08. The lowest BCUT2D eigenvalue weighted by Crippen LogP contribution is -2.45. The van der Waals surface area contributed by atoms with Crippen molar-refractivity contribution in [1.29, 1.82) is 0 Å². The third-order valence-corrected chi connectivity index (χ3v) is 4.14. The van der Waals surface area contributed by atoms with Gasteiger partial charge in [-0.2, -0.15) is 0 Å². The zero-order valence-electron chi connectivity index (χ0n) is 12.9. The van der Waals surface area contributed by atoms with Crippen molar-refractivity contribution in [2.24, 2.45) is 0 Å². The molecule has 1 aliphatic rings. The number of furan rings is 2. The van der Waals surface area contributed by atoms with Gasteiger partial charge in [-0.15, -0.1) is 0 Å². The highest BCUT2D eigenvalue weighted by atomic mass is 16.5. The first-order chi connectivity index (χ1) is 10.8. The molecule has 0 aromatic carbocycles. The van der Waals surface area contributed by atoms with E-state index in [1.807, 2.05) is 12.1 Å². The molecular weight excluding hydrogens is 282 g/mol. The van der Waals surface area contributed by atoms with E-state index in [9.17, 15) is 5.11 Å². The van der Waals surface area contributed by atoms with Crippen LogP contribution in [0.4, 0.5) is 0 Å². The van der Waals surface area contributed by atoms with Gasteiger partial charge >= 0.3 is 0 Å². The molecule has 2 aromatic rings. The Bertz CT molecular complexity index is 563. The minimum Gasteiger partial charge on any atom is -0.467 e. The maximum atomic E-state index is 10.3. The summed E-state index contributed by atoms with van der Waals surface area (Å²) in [4.78, 5) is 2.31. The Balaban J connectivity index is 1.63. The number of aliphatic hydroxyl groups excluding tert-OH is 1. The van der Waals surface area contributed by atoms with Gasteiger partial charge in [-0.05, 0) is 30.7 Å². The van der Waals surface area contributed by atoms with Crippen molar-refractivity contribution in [2.75, 3.05) is 19.8 Å². The highest BCUT2D eigenvalue weighted by Gasteiger charge is 2.27. The SMILES string of the molecule is CCc1ccc(CN2CCOCC2CC(O)c2ccco2)o1. The molecule has 2 atom stereocenters. The van der Waals surface area contributed by atoms with Crippen molar-refractivity contribution in [3.63, 3.8) is 0 Å². The van der Waals surface area contributed by atoms with Gasteiger partial charge < -0.3 is 18.7 Å². The molecule has 5 heteroatoms. The third-order valence-electron chi connectivity index (χ3n) is 4.14. The summed E-state index contributed by atoms with van der Waals surface area (Å²) >= 11 is 0. The molecule has 0 bridgehead atoms. The molecule has 1 N–H and O–H groups in total. The van der Waals surface area contributed by atoms with Crippen molar-refractivity contribution in [2.45, 2.75) is 38.5 Å². The van der Waals surface area contributed by atoms with Crippen molar-refractivity contribution in [1.82, 2.24) is 4.90 Å². The van der Waals surface area contributed by atoms with Crippen LogP contribution in [-0.4, -0.2) is 35.8 Å². The lowest BCUT2D eigenvalue weighted by atomic mass is 10.1. The van der Waals surface area contributed by atoms with Gasteiger partial charge in [0.25, 0.3) is 0 Å². The summed E-state index contributed by atoms with van der Waals surface area (Å²) in [5.41, 5.74) is 0. The van der Waals surface area contributed by atoms with Crippen LogP contribution in [0.15, 0.2) is 39.4 Å². The molecule has 1 saturated heterocycles. The van der Waals surface area contributed by atoms with Crippen molar-refractivity contribution in [3.8, 4) is 0 Å². The van der Waals surface area contributed by atoms with E-state index in [0.29, 0.717) is 25.4 Å². The maximum Gasteiger partial charge on any atom is 0.132 e. The van der Waals surface area contributed by atoms with E-state index in [-0.39, 0.29) is 6.04 Å². The van der Waals surface area contributed by atoms with Crippen molar-refractivity contribution >= 4 is 0 Å². The maximum absolute atomic E-state index is 10.3. The summed E-state index contributed by atoms with van der Waals surface area (Å²) in [6.07, 6.45) is 2.48. The van der Waals surface area contributed by atoms with Crippen molar-refractivity contribution in [3.05, 3.63) is 47.8 Å². The van der Waals surface area contributed by atoms with E-state index in [0.717, 1.165) is 31.0 Å². The van der Waals surface area contributed by atoms with Gasteiger partial charge in [0, 0.05) is 19.0 Å². The molecule has 0 aliphatic carbocycles. The molecule has 0 radical (unpaired) electrons. The molecule has 2 aromatic heterocycles. The predicted octanol–water partition coefficient (Wildman–Crippen LogP) is 2.76. The fourth-order valence-corrected chi connectivity index (χ4v) is 2.87. The largest absolute Gasteiger partial charge is 0.467 e. The molecule has 0 amide bonds. The van der Waals surface area contributed by atoms with E-state index >= 15 is 0 Å². The van der Waals surface area contributed by atoms with Crippen LogP contribution < -0.4 is 0 Å². The lowest BCUT2D eigenvalue weighted by Gasteiger charge is -2.35. The summed E-state index contributed by atoms with van der Waals surface area (Å²) < 4.78 is 16.7. The summed E-state index contributed by atoms with van der Waals surface area (Å²) in [5, 5.41) is 10.3. The average molecular weight is 305 g/mol. The number of aryl methyl sites for hydroxylation is 1. The second kappa shape index (κ2) is 7.13. The van der Waals surface area contributed by atoms with Crippen LogP contribution in [0.3, 0.4) is 0 Å². The van der Waals surface area contributed by atoms with Crippen molar-refractivity contribution < 1.29 is 18.7 Å². The van der Waals surface area contributed by atoms with Gasteiger partial charge in [-0.3, -0.25) is 4.90 Å². The number of nitrogens with zero attached hydrogens (tertiary/aromatic N) is 1. The molecule has 0 saturated carbocycles. The minimum atomic E-state index is -0.605. The first-order valence-electron chi connectivity index (χ1n) is 7.87. The molecule has 3 heterocycles. The van der Waals surface area contributed by atoms with Crippen LogP contribution in [0.1, 0.15) is 36.7 Å². The Morgan fingerprint density at radius 1 is 1.32 bits per heavy atom. The Morgan fingerprint density at radius 3 is 2.91 bits per heavy atom. The number of morpholine rings is 1. The Hall–Kier alpha value is -1.56. The third kappa shape index (κ3) is 3.61. The molecule has 0 spiro atoms. The van der Waals surface area contributed by atoms with Crippen LogP contribution in [0.25, 0.3) is 0 Å². The smallest absolute Gasteiger partial charge is 0.132 e. The standard InChI is InChI=1S/C17H23NO4/c1-2-14-5-6-15(22-14)11-18-7-9-20-12-13(18)10-16(19)17-4-3-8-21-17/h3-6,8,13,16,19H,2,7,9-12H2,1H3. The number of rotatable bonds is 6. The van der Waals surface area contributed by atoms with Gasteiger partial charge in [0.2, 0.25) is 0 Å². The number of hydrogen-bond donors (Lipinski definition) is 1.